The van der Waals surface area contributed by atoms with Crippen molar-refractivity contribution < 1.29 is 0 Å². The molecule has 0 spiro atoms. The van der Waals surface area contributed by atoms with E-state index in [2.05, 4.69) is 35.1 Å². The van der Waals surface area contributed by atoms with E-state index in [0.29, 0.717) is 0 Å². The molecule has 13 heavy (non-hydrogen) atoms. The summed E-state index contributed by atoms with van der Waals surface area (Å²) in [6, 6.07) is 0. The second kappa shape index (κ2) is 2.55. The minimum Gasteiger partial charge on any atom is -0.301 e. The fourth-order valence-electron chi connectivity index (χ4n) is 1.41. The van der Waals surface area contributed by atoms with E-state index >= 15 is 0 Å². The van der Waals surface area contributed by atoms with Crippen LogP contribution in [0, 0.1) is 0 Å². The lowest BCUT2D eigenvalue weighted by atomic mass is 9.92. The van der Waals surface area contributed by atoms with Crippen molar-refractivity contribution >= 4 is 5.65 Å². The zero-order chi connectivity index (χ0) is 9.47. The molecule has 3 heteroatoms. The molecule has 0 saturated heterocycles. The van der Waals surface area contributed by atoms with Crippen molar-refractivity contribution in [3.8, 4) is 0 Å². The minimum atomic E-state index is 0.104. The molecular weight excluding hydrogens is 162 g/mol. The van der Waals surface area contributed by atoms with Gasteiger partial charge in [0, 0.05) is 29.7 Å². The number of nitrogens with zero attached hydrogens (tertiary/aromatic N) is 3. The smallest absolute Gasteiger partial charge is 0.155 e. The Morgan fingerprint density at radius 3 is 2.69 bits per heavy atom. The first-order valence-corrected chi connectivity index (χ1v) is 4.36. The van der Waals surface area contributed by atoms with Gasteiger partial charge in [-0.1, -0.05) is 20.8 Å². The molecule has 2 heterocycles. The summed E-state index contributed by atoms with van der Waals surface area (Å²) >= 11 is 0. The number of hydrogen-bond acceptors (Lipinski definition) is 2. The van der Waals surface area contributed by atoms with E-state index < -0.39 is 0 Å². The molecule has 0 amide bonds. The van der Waals surface area contributed by atoms with Gasteiger partial charge in [-0.25, -0.2) is 4.98 Å². The fourth-order valence-corrected chi connectivity index (χ4v) is 1.41. The molecule has 0 aromatic carbocycles. The highest BCUT2D eigenvalue weighted by molar-refractivity contribution is 5.37. The van der Waals surface area contributed by atoms with Crippen LogP contribution in [0.5, 0.6) is 0 Å². The number of rotatable bonds is 0. The van der Waals surface area contributed by atoms with Crippen molar-refractivity contribution in [2.45, 2.75) is 26.2 Å². The van der Waals surface area contributed by atoms with E-state index in [1.165, 1.54) is 5.69 Å². The molecule has 0 aliphatic heterocycles. The van der Waals surface area contributed by atoms with Gasteiger partial charge < -0.3 is 4.40 Å². The summed E-state index contributed by atoms with van der Waals surface area (Å²) in [5.41, 5.74) is 2.20. The van der Waals surface area contributed by atoms with Gasteiger partial charge in [0.25, 0.3) is 0 Å². The van der Waals surface area contributed by atoms with Gasteiger partial charge in [0.1, 0.15) is 0 Å². The zero-order valence-corrected chi connectivity index (χ0v) is 8.15. The number of fused-ring (bicyclic) bond motifs is 1. The fraction of sp³-hybridized carbons (Fsp3) is 0.400. The lowest BCUT2D eigenvalue weighted by Crippen LogP contribution is -2.16. The molecule has 0 atom stereocenters. The van der Waals surface area contributed by atoms with E-state index in [4.69, 9.17) is 0 Å². The van der Waals surface area contributed by atoms with Crippen LogP contribution in [0.25, 0.3) is 5.65 Å². The molecule has 0 bridgehead atoms. The van der Waals surface area contributed by atoms with Crippen LogP contribution in [0.2, 0.25) is 0 Å². The Hall–Kier alpha value is -1.38. The van der Waals surface area contributed by atoms with Crippen molar-refractivity contribution in [3.05, 3.63) is 30.5 Å². The monoisotopic (exact) mass is 175 g/mol. The van der Waals surface area contributed by atoms with Gasteiger partial charge in [-0.05, 0) is 0 Å². The van der Waals surface area contributed by atoms with Crippen LogP contribution in [0.4, 0.5) is 0 Å². The normalized spacial score (nSPS) is 12.2. The number of aromatic nitrogens is 3. The first-order chi connectivity index (χ1) is 6.09. The van der Waals surface area contributed by atoms with E-state index in [-0.39, 0.29) is 5.41 Å². The third kappa shape index (κ3) is 1.30. The first kappa shape index (κ1) is 8.23. The average molecular weight is 175 g/mol. The van der Waals surface area contributed by atoms with Crippen molar-refractivity contribution in [1.29, 1.82) is 0 Å². The zero-order valence-electron chi connectivity index (χ0n) is 8.15. The molecule has 2 aromatic rings. The third-order valence-corrected chi connectivity index (χ3v) is 2.08. The molecular formula is C10H13N3. The molecule has 0 fully saturated rings. The molecule has 2 rings (SSSR count). The van der Waals surface area contributed by atoms with Gasteiger partial charge in [-0.15, -0.1) is 0 Å². The van der Waals surface area contributed by atoms with Gasteiger partial charge in [0.2, 0.25) is 0 Å². The van der Waals surface area contributed by atoms with Crippen molar-refractivity contribution in [3.63, 3.8) is 0 Å². The summed E-state index contributed by atoms with van der Waals surface area (Å²) in [5, 5.41) is 0. The molecule has 0 N–H and O–H groups in total. The summed E-state index contributed by atoms with van der Waals surface area (Å²) in [7, 11) is 0. The number of imidazole rings is 1. The van der Waals surface area contributed by atoms with Gasteiger partial charge in [0.05, 0.1) is 6.20 Å². The molecule has 68 valence electrons. The highest BCUT2D eigenvalue weighted by Crippen LogP contribution is 2.21. The second-order valence-electron chi connectivity index (χ2n) is 4.20. The Kier molecular flexibility index (Phi) is 1.62. The Labute approximate surface area is 77.4 Å². The van der Waals surface area contributed by atoms with Crippen LogP contribution in [-0.4, -0.2) is 14.4 Å². The van der Waals surface area contributed by atoms with Crippen LogP contribution in [0.15, 0.2) is 24.8 Å². The second-order valence-corrected chi connectivity index (χ2v) is 4.20. The van der Waals surface area contributed by atoms with Crippen molar-refractivity contribution in [1.82, 2.24) is 14.4 Å². The molecule has 0 aliphatic rings. The summed E-state index contributed by atoms with van der Waals surface area (Å²) in [6.07, 6.45) is 7.44. The predicted molar refractivity (Wildman–Crippen MR) is 51.7 cm³/mol. The lowest BCUT2D eigenvalue weighted by molar-refractivity contribution is 0.557. The summed E-state index contributed by atoms with van der Waals surface area (Å²) < 4.78 is 2.08. The largest absolute Gasteiger partial charge is 0.301 e. The van der Waals surface area contributed by atoms with E-state index in [1.54, 1.807) is 12.4 Å². The molecule has 3 nitrogen and oxygen atoms in total. The highest BCUT2D eigenvalue weighted by Gasteiger charge is 2.17. The first-order valence-electron chi connectivity index (χ1n) is 4.36. The third-order valence-electron chi connectivity index (χ3n) is 2.08. The molecule has 0 aliphatic carbocycles. The van der Waals surface area contributed by atoms with E-state index in [1.807, 2.05) is 12.4 Å². The maximum absolute atomic E-state index is 4.19. The Morgan fingerprint density at radius 1 is 1.23 bits per heavy atom. The molecule has 2 aromatic heterocycles. The Morgan fingerprint density at radius 2 is 2.00 bits per heavy atom. The topological polar surface area (TPSA) is 30.2 Å². The Balaban J connectivity index is 2.75. The van der Waals surface area contributed by atoms with E-state index in [9.17, 15) is 0 Å². The highest BCUT2D eigenvalue weighted by atomic mass is 15.0. The molecule has 0 unspecified atom stereocenters. The van der Waals surface area contributed by atoms with Gasteiger partial charge in [-0.2, -0.15) is 0 Å². The van der Waals surface area contributed by atoms with Crippen LogP contribution < -0.4 is 0 Å². The van der Waals surface area contributed by atoms with Crippen LogP contribution in [-0.2, 0) is 5.41 Å². The van der Waals surface area contributed by atoms with Gasteiger partial charge in [0.15, 0.2) is 5.65 Å². The van der Waals surface area contributed by atoms with Crippen molar-refractivity contribution in [2.75, 3.05) is 0 Å². The summed E-state index contributed by atoms with van der Waals surface area (Å²) in [6.45, 7) is 6.51. The predicted octanol–water partition coefficient (Wildman–Crippen LogP) is 2.03. The Bertz CT molecular complexity index is 423. The lowest BCUT2D eigenvalue weighted by Gasteiger charge is -2.19. The maximum Gasteiger partial charge on any atom is 0.155 e. The van der Waals surface area contributed by atoms with Crippen LogP contribution in [0.1, 0.15) is 26.5 Å². The van der Waals surface area contributed by atoms with Gasteiger partial charge >= 0.3 is 0 Å². The average Bonchev–Trinajstić information content (AvgIpc) is 2.48. The summed E-state index contributed by atoms with van der Waals surface area (Å²) in [4.78, 5) is 8.36. The SMILES string of the molecule is CC(C)(C)c1cncc2nccn12. The quantitative estimate of drug-likeness (QED) is 0.613. The maximum atomic E-state index is 4.19. The van der Waals surface area contributed by atoms with Crippen LogP contribution in [0.3, 0.4) is 0 Å². The van der Waals surface area contributed by atoms with E-state index in [0.717, 1.165) is 5.65 Å². The van der Waals surface area contributed by atoms with Gasteiger partial charge in [-0.3, -0.25) is 4.98 Å². The van der Waals surface area contributed by atoms with Crippen LogP contribution >= 0.6 is 0 Å². The standard InChI is InChI=1S/C10H13N3/c1-10(2,3)8-6-11-7-9-12-4-5-13(8)9/h4-7H,1-3H3. The summed E-state index contributed by atoms with van der Waals surface area (Å²) in [5.74, 6) is 0. The minimum absolute atomic E-state index is 0.104. The van der Waals surface area contributed by atoms with Crippen molar-refractivity contribution in [2.24, 2.45) is 0 Å². The molecule has 0 saturated carbocycles. The number of hydrogen-bond donors (Lipinski definition) is 0. The molecule has 0 radical (unpaired) electrons.